The van der Waals surface area contributed by atoms with Gasteiger partial charge in [0.05, 0.1) is 19.1 Å². The maximum Gasteiger partial charge on any atom is 0.238 e. The first kappa shape index (κ1) is 22.0. The van der Waals surface area contributed by atoms with Crippen molar-refractivity contribution >= 4 is 27.4 Å². The van der Waals surface area contributed by atoms with Crippen LogP contribution in [0, 0.1) is 0 Å². The van der Waals surface area contributed by atoms with Gasteiger partial charge in [-0.3, -0.25) is 14.5 Å². The second-order valence-corrected chi connectivity index (χ2v) is 9.33. The Morgan fingerprint density at radius 1 is 1.00 bits per heavy atom. The number of anilines is 1. The number of hydrogen-bond acceptors (Lipinski definition) is 6. The van der Waals surface area contributed by atoms with E-state index in [9.17, 15) is 18.0 Å². The van der Waals surface area contributed by atoms with Gasteiger partial charge < -0.3 is 9.47 Å². The summed E-state index contributed by atoms with van der Waals surface area (Å²) in [6.07, 6.45) is 1.68. The summed E-state index contributed by atoms with van der Waals surface area (Å²) in [5.41, 5.74) is 2.47. The lowest BCUT2D eigenvalue weighted by atomic mass is 9.76. The fraction of sp³-hybridized carbons (Fsp3) is 0.304. The molecule has 1 unspecified atom stereocenters. The molecule has 0 radical (unpaired) electrons. The van der Waals surface area contributed by atoms with Gasteiger partial charge >= 0.3 is 0 Å². The highest BCUT2D eigenvalue weighted by atomic mass is 32.2. The van der Waals surface area contributed by atoms with E-state index in [0.29, 0.717) is 47.7 Å². The Morgan fingerprint density at radius 3 is 2.34 bits per heavy atom. The molecule has 1 aliphatic heterocycles. The van der Waals surface area contributed by atoms with Gasteiger partial charge in [-0.05, 0) is 55.3 Å². The zero-order valence-electron chi connectivity index (χ0n) is 17.8. The Kier molecular flexibility index (Phi) is 5.79. The second-order valence-electron chi connectivity index (χ2n) is 7.77. The Bertz CT molecular complexity index is 1220. The van der Waals surface area contributed by atoms with Crippen LogP contribution >= 0.6 is 0 Å². The number of hydrogen-bond donors (Lipinski definition) is 1. The van der Waals surface area contributed by atoms with Crippen molar-refractivity contribution in [2.45, 2.75) is 36.5 Å². The zero-order valence-corrected chi connectivity index (χ0v) is 18.6. The Hall–Kier alpha value is -3.17. The molecule has 0 saturated carbocycles. The predicted octanol–water partition coefficient (Wildman–Crippen LogP) is 2.88. The van der Waals surface area contributed by atoms with Crippen molar-refractivity contribution in [3.05, 3.63) is 59.3 Å². The molecule has 9 heteroatoms. The number of Topliss-reactive ketones (excluding diaryl/α,β-unsaturated/α-hetero) is 1. The summed E-state index contributed by atoms with van der Waals surface area (Å²) in [6, 6.07) is 11.1. The summed E-state index contributed by atoms with van der Waals surface area (Å²) < 4.78 is 34.1. The van der Waals surface area contributed by atoms with E-state index < -0.39 is 15.9 Å². The van der Waals surface area contributed by atoms with Gasteiger partial charge in [0, 0.05) is 41.3 Å². The summed E-state index contributed by atoms with van der Waals surface area (Å²) in [6.45, 7) is 0. The van der Waals surface area contributed by atoms with Crippen molar-refractivity contribution in [3.8, 4) is 11.5 Å². The molecule has 32 heavy (non-hydrogen) atoms. The highest BCUT2D eigenvalue weighted by Crippen LogP contribution is 2.46. The molecule has 0 bridgehead atoms. The third-order valence-corrected chi connectivity index (χ3v) is 6.84. The SMILES string of the molecule is COc1ccc(OC)c(C2CC(=O)N(c3ccc(S(N)(=O)=O)cc3)C3=C2C(=O)CCC3)c1. The average Bonchev–Trinajstić information content (AvgIpc) is 2.77. The molecule has 2 N–H and O–H groups in total. The third-order valence-electron chi connectivity index (χ3n) is 5.91. The van der Waals surface area contributed by atoms with Crippen LogP contribution in [-0.2, 0) is 19.6 Å². The standard InChI is InChI=1S/C23H24N2O6S/c1-30-15-8-11-21(31-2)17(12-15)18-13-22(27)25(19-4-3-5-20(26)23(18)19)14-6-9-16(10-7-14)32(24,28)29/h6-12,18H,3-5,13H2,1-2H3,(H2,24,28,29). The molecule has 0 spiro atoms. The highest BCUT2D eigenvalue weighted by molar-refractivity contribution is 7.89. The number of carbonyl (C=O) groups excluding carboxylic acids is 2. The molecular weight excluding hydrogens is 432 g/mol. The molecule has 1 aliphatic carbocycles. The molecule has 8 nitrogen and oxygen atoms in total. The van der Waals surface area contributed by atoms with Crippen molar-refractivity contribution in [2.75, 3.05) is 19.1 Å². The number of sulfonamides is 1. The first-order valence-electron chi connectivity index (χ1n) is 10.2. The van der Waals surface area contributed by atoms with E-state index in [1.54, 1.807) is 32.4 Å². The van der Waals surface area contributed by atoms with Crippen molar-refractivity contribution in [3.63, 3.8) is 0 Å². The van der Waals surface area contributed by atoms with Crippen LogP contribution < -0.4 is 19.5 Å². The molecule has 0 saturated heterocycles. The number of allylic oxidation sites excluding steroid dienone is 2. The minimum atomic E-state index is -3.85. The van der Waals surface area contributed by atoms with E-state index in [0.717, 1.165) is 5.56 Å². The zero-order chi connectivity index (χ0) is 23.0. The third kappa shape index (κ3) is 3.89. The van der Waals surface area contributed by atoms with E-state index in [1.165, 1.54) is 29.2 Å². The van der Waals surface area contributed by atoms with Crippen LogP contribution in [0.4, 0.5) is 5.69 Å². The monoisotopic (exact) mass is 456 g/mol. The van der Waals surface area contributed by atoms with Crippen LogP contribution in [0.1, 0.15) is 37.2 Å². The number of primary sulfonamides is 1. The Balaban J connectivity index is 1.85. The summed E-state index contributed by atoms with van der Waals surface area (Å²) in [5.74, 6) is 0.561. The Labute approximate surface area is 186 Å². The molecule has 0 aromatic heterocycles. The summed E-state index contributed by atoms with van der Waals surface area (Å²) in [7, 11) is -0.745. The topological polar surface area (TPSA) is 116 Å². The minimum absolute atomic E-state index is 0.000205. The lowest BCUT2D eigenvalue weighted by molar-refractivity contribution is -0.119. The molecule has 0 fully saturated rings. The van der Waals surface area contributed by atoms with Crippen LogP contribution in [0.5, 0.6) is 11.5 Å². The number of ketones is 1. The molecular formula is C23H24N2O6S. The first-order chi connectivity index (χ1) is 15.2. The number of nitrogens with two attached hydrogens (primary N) is 1. The molecule has 4 rings (SSSR count). The van der Waals surface area contributed by atoms with Gasteiger partial charge in [-0.1, -0.05) is 0 Å². The molecule has 1 atom stereocenters. The number of benzene rings is 2. The van der Waals surface area contributed by atoms with Crippen molar-refractivity contribution in [1.82, 2.24) is 0 Å². The molecule has 1 heterocycles. The maximum atomic E-state index is 13.3. The fourth-order valence-corrected chi connectivity index (χ4v) is 4.97. The lowest BCUT2D eigenvalue weighted by Crippen LogP contribution is -2.40. The molecule has 2 aromatic carbocycles. The lowest BCUT2D eigenvalue weighted by Gasteiger charge is -2.38. The van der Waals surface area contributed by atoms with Gasteiger partial charge in [-0.15, -0.1) is 0 Å². The molecule has 2 aliphatic rings. The van der Waals surface area contributed by atoms with Crippen molar-refractivity contribution in [2.24, 2.45) is 5.14 Å². The molecule has 1 amide bonds. The van der Waals surface area contributed by atoms with E-state index >= 15 is 0 Å². The number of nitrogens with zero attached hydrogens (tertiary/aromatic N) is 1. The van der Waals surface area contributed by atoms with Crippen LogP contribution in [0.25, 0.3) is 0 Å². The summed E-state index contributed by atoms with van der Waals surface area (Å²) in [5, 5.41) is 5.19. The number of ether oxygens (including phenoxy) is 2. The maximum absolute atomic E-state index is 13.3. The number of rotatable bonds is 5. The van der Waals surface area contributed by atoms with E-state index in [2.05, 4.69) is 0 Å². The highest BCUT2D eigenvalue weighted by Gasteiger charge is 2.40. The van der Waals surface area contributed by atoms with Gasteiger partial charge in [0.25, 0.3) is 0 Å². The van der Waals surface area contributed by atoms with Crippen molar-refractivity contribution < 1.29 is 27.5 Å². The normalized spacial score (nSPS) is 19.1. The minimum Gasteiger partial charge on any atom is -0.497 e. The molecule has 2 aromatic rings. The summed E-state index contributed by atoms with van der Waals surface area (Å²) >= 11 is 0. The number of methoxy groups -OCH3 is 2. The largest absolute Gasteiger partial charge is 0.497 e. The smallest absolute Gasteiger partial charge is 0.238 e. The van der Waals surface area contributed by atoms with E-state index in [4.69, 9.17) is 14.6 Å². The second kappa shape index (κ2) is 8.40. The van der Waals surface area contributed by atoms with Gasteiger partial charge in [-0.25, -0.2) is 13.6 Å². The van der Waals surface area contributed by atoms with Gasteiger partial charge in [-0.2, -0.15) is 0 Å². The number of amides is 1. The Morgan fingerprint density at radius 2 is 1.72 bits per heavy atom. The summed E-state index contributed by atoms with van der Waals surface area (Å²) in [4.78, 5) is 27.9. The van der Waals surface area contributed by atoms with Crippen LogP contribution in [0.2, 0.25) is 0 Å². The van der Waals surface area contributed by atoms with Gasteiger partial charge in [0.1, 0.15) is 11.5 Å². The van der Waals surface area contributed by atoms with Crippen molar-refractivity contribution in [1.29, 1.82) is 0 Å². The quantitative estimate of drug-likeness (QED) is 0.740. The van der Waals surface area contributed by atoms with E-state index in [1.807, 2.05) is 0 Å². The first-order valence-corrected chi connectivity index (χ1v) is 11.7. The van der Waals surface area contributed by atoms with E-state index in [-0.39, 0.29) is 23.0 Å². The predicted molar refractivity (Wildman–Crippen MR) is 118 cm³/mol. The fourth-order valence-electron chi connectivity index (χ4n) is 4.45. The van der Waals surface area contributed by atoms with Crippen LogP contribution in [-0.4, -0.2) is 34.3 Å². The van der Waals surface area contributed by atoms with Gasteiger partial charge in [0.2, 0.25) is 15.9 Å². The average molecular weight is 457 g/mol. The van der Waals surface area contributed by atoms with Crippen LogP contribution in [0.15, 0.2) is 58.6 Å². The van der Waals surface area contributed by atoms with Gasteiger partial charge in [0.15, 0.2) is 5.78 Å². The number of carbonyl (C=O) groups is 2. The molecule has 168 valence electrons. The van der Waals surface area contributed by atoms with Crippen LogP contribution in [0.3, 0.4) is 0 Å².